The molecule has 80 valence electrons. The van der Waals surface area contributed by atoms with E-state index in [1.807, 2.05) is 0 Å². The lowest BCUT2D eigenvalue weighted by Gasteiger charge is -2.20. The molecule has 1 unspecified atom stereocenters. The summed E-state index contributed by atoms with van der Waals surface area (Å²) in [5, 5.41) is 3.32. The Kier molecular flexibility index (Phi) is 2.94. The molecular formula is C11H21N3. The molecule has 0 amide bonds. The van der Waals surface area contributed by atoms with E-state index in [9.17, 15) is 0 Å². The summed E-state index contributed by atoms with van der Waals surface area (Å²) in [5.74, 6) is 1.47. The molecule has 0 aromatic carbocycles. The average molecular weight is 195 g/mol. The zero-order chi connectivity index (χ0) is 9.97. The standard InChI is InChI=1S/C11H21N3/c1-8(9-4-2-3-5-9)13-11(12)14-10-6-7-10/h8-10H,2-7H2,1H3,(H3,12,13,14). The maximum Gasteiger partial charge on any atom is 0.189 e. The van der Waals surface area contributed by atoms with E-state index in [-0.39, 0.29) is 0 Å². The van der Waals surface area contributed by atoms with E-state index < -0.39 is 0 Å². The maximum atomic E-state index is 5.82. The van der Waals surface area contributed by atoms with E-state index in [1.54, 1.807) is 0 Å². The molecule has 14 heavy (non-hydrogen) atoms. The summed E-state index contributed by atoms with van der Waals surface area (Å²) in [7, 11) is 0. The summed E-state index contributed by atoms with van der Waals surface area (Å²) < 4.78 is 0. The van der Waals surface area contributed by atoms with Crippen LogP contribution in [-0.4, -0.2) is 18.0 Å². The van der Waals surface area contributed by atoms with Gasteiger partial charge in [0, 0.05) is 6.04 Å². The van der Waals surface area contributed by atoms with Gasteiger partial charge in [-0.1, -0.05) is 12.8 Å². The van der Waals surface area contributed by atoms with Crippen molar-refractivity contribution in [1.82, 2.24) is 5.32 Å². The van der Waals surface area contributed by atoms with Crippen LogP contribution in [0.15, 0.2) is 4.99 Å². The molecule has 3 N–H and O–H groups in total. The van der Waals surface area contributed by atoms with Crippen molar-refractivity contribution < 1.29 is 0 Å². The molecule has 0 bridgehead atoms. The number of nitrogens with zero attached hydrogens (tertiary/aromatic N) is 1. The number of guanidine groups is 1. The quantitative estimate of drug-likeness (QED) is 0.531. The van der Waals surface area contributed by atoms with E-state index in [1.165, 1.54) is 38.5 Å². The van der Waals surface area contributed by atoms with Gasteiger partial charge in [-0.05, 0) is 38.5 Å². The summed E-state index contributed by atoms with van der Waals surface area (Å²) in [4.78, 5) is 4.38. The van der Waals surface area contributed by atoms with Crippen LogP contribution in [0.25, 0.3) is 0 Å². The molecule has 0 saturated heterocycles. The van der Waals surface area contributed by atoms with E-state index in [2.05, 4.69) is 17.2 Å². The van der Waals surface area contributed by atoms with Crippen LogP contribution in [0.1, 0.15) is 45.4 Å². The molecule has 0 heterocycles. The second-order valence-electron chi connectivity index (χ2n) is 4.72. The minimum Gasteiger partial charge on any atom is -0.370 e. The van der Waals surface area contributed by atoms with Gasteiger partial charge in [0.05, 0.1) is 6.04 Å². The number of hydrogen-bond acceptors (Lipinski definition) is 1. The van der Waals surface area contributed by atoms with Crippen molar-refractivity contribution in [2.75, 3.05) is 0 Å². The molecule has 2 aliphatic carbocycles. The Morgan fingerprint density at radius 3 is 2.50 bits per heavy atom. The van der Waals surface area contributed by atoms with Gasteiger partial charge in [-0.15, -0.1) is 0 Å². The normalized spacial score (nSPS) is 26.5. The molecule has 1 atom stereocenters. The van der Waals surface area contributed by atoms with Gasteiger partial charge in [-0.2, -0.15) is 0 Å². The summed E-state index contributed by atoms with van der Waals surface area (Å²) in [6.45, 7) is 2.23. The number of hydrogen-bond donors (Lipinski definition) is 2. The van der Waals surface area contributed by atoms with Gasteiger partial charge in [-0.3, -0.25) is 4.99 Å². The first-order chi connectivity index (χ1) is 6.75. The Balaban J connectivity index is 1.77. The highest BCUT2D eigenvalue weighted by molar-refractivity contribution is 5.78. The van der Waals surface area contributed by atoms with E-state index in [4.69, 9.17) is 5.73 Å². The first-order valence-corrected chi connectivity index (χ1v) is 5.85. The molecule has 2 rings (SSSR count). The van der Waals surface area contributed by atoms with Gasteiger partial charge in [-0.25, -0.2) is 0 Å². The third kappa shape index (κ3) is 2.63. The lowest BCUT2D eigenvalue weighted by Crippen LogP contribution is -2.42. The predicted molar refractivity (Wildman–Crippen MR) is 59.2 cm³/mol. The molecule has 0 spiro atoms. The Labute approximate surface area is 86.2 Å². The second-order valence-corrected chi connectivity index (χ2v) is 4.72. The van der Waals surface area contributed by atoms with Crippen molar-refractivity contribution in [3.8, 4) is 0 Å². The van der Waals surface area contributed by atoms with Crippen LogP contribution in [0.2, 0.25) is 0 Å². The van der Waals surface area contributed by atoms with Crippen molar-refractivity contribution in [2.45, 2.75) is 57.5 Å². The number of rotatable bonds is 3. The maximum absolute atomic E-state index is 5.82. The minimum absolute atomic E-state index is 0.500. The Morgan fingerprint density at radius 2 is 1.93 bits per heavy atom. The van der Waals surface area contributed by atoms with Crippen molar-refractivity contribution in [2.24, 2.45) is 16.6 Å². The largest absolute Gasteiger partial charge is 0.370 e. The summed E-state index contributed by atoms with van der Waals surface area (Å²) >= 11 is 0. The molecule has 2 fully saturated rings. The fourth-order valence-electron chi connectivity index (χ4n) is 2.25. The molecule has 2 aliphatic rings. The zero-order valence-corrected chi connectivity index (χ0v) is 9.00. The minimum atomic E-state index is 0.500. The number of aliphatic imine (C=N–C) groups is 1. The topological polar surface area (TPSA) is 50.4 Å². The molecule has 3 nitrogen and oxygen atoms in total. The second kappa shape index (κ2) is 4.20. The van der Waals surface area contributed by atoms with Crippen LogP contribution in [0.4, 0.5) is 0 Å². The van der Waals surface area contributed by atoms with Crippen molar-refractivity contribution in [3.05, 3.63) is 0 Å². The summed E-state index contributed by atoms with van der Waals surface area (Å²) in [6, 6.07) is 1.03. The van der Waals surface area contributed by atoms with Crippen molar-refractivity contribution in [3.63, 3.8) is 0 Å². The fourth-order valence-corrected chi connectivity index (χ4v) is 2.25. The molecular weight excluding hydrogens is 174 g/mol. The number of nitrogens with one attached hydrogen (secondary N) is 1. The van der Waals surface area contributed by atoms with Gasteiger partial charge >= 0.3 is 0 Å². The van der Waals surface area contributed by atoms with Crippen LogP contribution < -0.4 is 11.1 Å². The predicted octanol–water partition coefficient (Wildman–Crippen LogP) is 1.63. The number of nitrogens with two attached hydrogens (primary N) is 1. The van der Waals surface area contributed by atoms with Gasteiger partial charge in [0.15, 0.2) is 5.96 Å². The van der Waals surface area contributed by atoms with Crippen LogP contribution in [0, 0.1) is 5.92 Å². The van der Waals surface area contributed by atoms with Crippen LogP contribution >= 0.6 is 0 Å². The first-order valence-electron chi connectivity index (χ1n) is 5.85. The molecule has 2 saturated carbocycles. The third-order valence-corrected chi connectivity index (χ3v) is 3.35. The van der Waals surface area contributed by atoms with Gasteiger partial charge in [0.1, 0.15) is 0 Å². The Morgan fingerprint density at radius 1 is 1.29 bits per heavy atom. The first kappa shape index (κ1) is 9.81. The monoisotopic (exact) mass is 195 g/mol. The van der Waals surface area contributed by atoms with Crippen molar-refractivity contribution in [1.29, 1.82) is 0 Å². The SMILES string of the molecule is CC(NC(N)=NC1CC1)C1CCCC1. The van der Waals surface area contributed by atoms with Crippen LogP contribution in [-0.2, 0) is 0 Å². The van der Waals surface area contributed by atoms with E-state index >= 15 is 0 Å². The van der Waals surface area contributed by atoms with Gasteiger partial charge < -0.3 is 11.1 Å². The summed E-state index contributed by atoms with van der Waals surface area (Å²) in [6.07, 6.45) is 7.92. The van der Waals surface area contributed by atoms with Gasteiger partial charge in [0.2, 0.25) is 0 Å². The molecule has 0 aliphatic heterocycles. The molecule has 0 aromatic heterocycles. The van der Waals surface area contributed by atoms with Crippen LogP contribution in [0.3, 0.4) is 0 Å². The smallest absolute Gasteiger partial charge is 0.189 e. The zero-order valence-electron chi connectivity index (χ0n) is 9.00. The lowest BCUT2D eigenvalue weighted by atomic mass is 10.0. The highest BCUT2D eigenvalue weighted by Gasteiger charge is 2.23. The average Bonchev–Trinajstić information content (AvgIpc) is 2.80. The molecule has 0 radical (unpaired) electrons. The van der Waals surface area contributed by atoms with E-state index in [0.29, 0.717) is 18.0 Å². The Bertz CT molecular complexity index is 215. The van der Waals surface area contributed by atoms with Gasteiger partial charge in [0.25, 0.3) is 0 Å². The van der Waals surface area contributed by atoms with Crippen LogP contribution in [0.5, 0.6) is 0 Å². The Hall–Kier alpha value is -0.730. The van der Waals surface area contributed by atoms with Crippen molar-refractivity contribution >= 4 is 5.96 Å². The summed E-state index contributed by atoms with van der Waals surface area (Å²) in [5.41, 5.74) is 5.82. The lowest BCUT2D eigenvalue weighted by molar-refractivity contribution is 0.425. The fraction of sp³-hybridized carbons (Fsp3) is 0.909. The third-order valence-electron chi connectivity index (χ3n) is 3.35. The molecule has 0 aromatic rings. The van der Waals surface area contributed by atoms with E-state index in [0.717, 1.165) is 5.92 Å². The highest BCUT2D eigenvalue weighted by atomic mass is 15.1. The highest BCUT2D eigenvalue weighted by Crippen LogP contribution is 2.27. The molecule has 3 heteroatoms.